The van der Waals surface area contributed by atoms with Gasteiger partial charge in [-0.05, 0) is 18.6 Å². The second-order valence-corrected chi connectivity index (χ2v) is 2.99. The number of hydrogen-bond acceptors (Lipinski definition) is 2. The first-order valence-corrected chi connectivity index (χ1v) is 4.67. The van der Waals surface area contributed by atoms with Gasteiger partial charge in [-0.3, -0.25) is 0 Å². The first kappa shape index (κ1) is 10.6. The van der Waals surface area contributed by atoms with Crippen LogP contribution in [0.4, 0.5) is 0 Å². The van der Waals surface area contributed by atoms with E-state index >= 15 is 0 Å². The highest BCUT2D eigenvalue weighted by Crippen LogP contribution is 2.15. The number of hydrogen-bond donors (Lipinski definition) is 1. The fourth-order valence-corrected chi connectivity index (χ4v) is 1.11. The molecule has 2 heteroatoms. The lowest BCUT2D eigenvalue weighted by Gasteiger charge is -2.08. The number of nitrogens with one attached hydrogen (secondary N) is 1. The van der Waals surface area contributed by atoms with Gasteiger partial charge in [0.25, 0.3) is 0 Å². The highest BCUT2D eigenvalue weighted by molar-refractivity contribution is 5.31. The van der Waals surface area contributed by atoms with Crippen molar-refractivity contribution >= 4 is 0 Å². The summed E-state index contributed by atoms with van der Waals surface area (Å²) in [4.78, 5) is 0. The Morgan fingerprint density at radius 1 is 1.43 bits per heavy atom. The number of terminal acetylenes is 1. The molecule has 1 rings (SSSR count). The summed E-state index contributed by atoms with van der Waals surface area (Å²) in [6.07, 6.45) is 5.09. The average Bonchev–Trinajstić information content (AvgIpc) is 2.20. The minimum absolute atomic E-state index is 0.594. The maximum Gasteiger partial charge on any atom is 0.122 e. The molecule has 0 amide bonds. The molecule has 0 fully saturated rings. The van der Waals surface area contributed by atoms with Gasteiger partial charge < -0.3 is 10.1 Å². The van der Waals surface area contributed by atoms with E-state index in [-0.39, 0.29) is 0 Å². The van der Waals surface area contributed by atoms with Crippen LogP contribution in [0.2, 0.25) is 0 Å². The molecule has 0 aliphatic heterocycles. The van der Waals surface area contributed by atoms with Crippen LogP contribution in [0, 0.1) is 19.3 Å². The van der Waals surface area contributed by atoms with Gasteiger partial charge in [-0.2, -0.15) is 0 Å². The normalized spacial score (nSPS) is 9.43. The SMILES string of the molecule is C#CCNCCOc1ccccc1C. The molecule has 0 saturated heterocycles. The van der Waals surface area contributed by atoms with Gasteiger partial charge >= 0.3 is 0 Å². The molecule has 1 N–H and O–H groups in total. The van der Waals surface area contributed by atoms with Crippen molar-refractivity contribution in [1.29, 1.82) is 0 Å². The first-order valence-electron chi connectivity index (χ1n) is 4.67. The van der Waals surface area contributed by atoms with Crippen molar-refractivity contribution in [3.05, 3.63) is 29.8 Å². The number of benzene rings is 1. The second kappa shape index (κ2) is 6.06. The zero-order chi connectivity index (χ0) is 10.2. The third-order valence-electron chi connectivity index (χ3n) is 1.86. The summed E-state index contributed by atoms with van der Waals surface area (Å²) in [5.41, 5.74) is 1.16. The monoisotopic (exact) mass is 189 g/mol. The van der Waals surface area contributed by atoms with E-state index in [1.54, 1.807) is 0 Å². The lowest BCUT2D eigenvalue weighted by atomic mass is 10.2. The summed E-state index contributed by atoms with van der Waals surface area (Å²) in [6.45, 7) is 4.05. The number of rotatable bonds is 5. The van der Waals surface area contributed by atoms with E-state index in [0.29, 0.717) is 13.2 Å². The van der Waals surface area contributed by atoms with Crippen LogP contribution in [0.15, 0.2) is 24.3 Å². The molecular weight excluding hydrogens is 174 g/mol. The van der Waals surface area contributed by atoms with Gasteiger partial charge in [0.05, 0.1) is 6.54 Å². The van der Waals surface area contributed by atoms with E-state index in [1.165, 1.54) is 0 Å². The molecule has 0 radical (unpaired) electrons. The first-order chi connectivity index (χ1) is 6.84. The van der Waals surface area contributed by atoms with E-state index in [1.807, 2.05) is 31.2 Å². The van der Waals surface area contributed by atoms with Crippen molar-refractivity contribution in [3.63, 3.8) is 0 Å². The molecule has 0 atom stereocenters. The molecule has 0 aliphatic rings. The maximum atomic E-state index is 5.55. The lowest BCUT2D eigenvalue weighted by molar-refractivity contribution is 0.314. The molecule has 0 saturated carbocycles. The van der Waals surface area contributed by atoms with Crippen molar-refractivity contribution in [2.24, 2.45) is 0 Å². The Morgan fingerprint density at radius 3 is 2.93 bits per heavy atom. The number of para-hydroxylation sites is 1. The van der Waals surface area contributed by atoms with E-state index < -0.39 is 0 Å². The quantitative estimate of drug-likeness (QED) is 0.561. The van der Waals surface area contributed by atoms with Crippen molar-refractivity contribution in [1.82, 2.24) is 5.32 Å². The van der Waals surface area contributed by atoms with Gasteiger partial charge in [-0.15, -0.1) is 6.42 Å². The number of aryl methyl sites for hydroxylation is 1. The zero-order valence-electron chi connectivity index (χ0n) is 8.42. The summed E-state index contributed by atoms with van der Waals surface area (Å²) in [6, 6.07) is 7.97. The second-order valence-electron chi connectivity index (χ2n) is 2.99. The van der Waals surface area contributed by atoms with E-state index in [4.69, 9.17) is 11.2 Å². The van der Waals surface area contributed by atoms with Crippen LogP contribution in [0.1, 0.15) is 5.56 Å². The van der Waals surface area contributed by atoms with E-state index in [9.17, 15) is 0 Å². The molecule has 1 aromatic rings. The molecular formula is C12H15NO. The summed E-state index contributed by atoms with van der Waals surface area (Å²) in [5.74, 6) is 3.45. The smallest absolute Gasteiger partial charge is 0.122 e. The van der Waals surface area contributed by atoms with Crippen molar-refractivity contribution in [3.8, 4) is 18.1 Å². The minimum atomic E-state index is 0.594. The largest absolute Gasteiger partial charge is 0.492 e. The summed E-state index contributed by atoms with van der Waals surface area (Å²) >= 11 is 0. The lowest BCUT2D eigenvalue weighted by Crippen LogP contribution is -2.21. The van der Waals surface area contributed by atoms with Crippen LogP contribution >= 0.6 is 0 Å². The molecule has 14 heavy (non-hydrogen) atoms. The van der Waals surface area contributed by atoms with Crippen molar-refractivity contribution in [2.45, 2.75) is 6.92 Å². The third kappa shape index (κ3) is 3.51. The Labute approximate surface area is 85.3 Å². The highest BCUT2D eigenvalue weighted by Gasteiger charge is 1.95. The molecule has 0 aromatic heterocycles. The predicted molar refractivity (Wildman–Crippen MR) is 58.4 cm³/mol. The van der Waals surface area contributed by atoms with Gasteiger partial charge in [0.1, 0.15) is 12.4 Å². The Morgan fingerprint density at radius 2 is 2.21 bits per heavy atom. The van der Waals surface area contributed by atoms with E-state index in [0.717, 1.165) is 17.9 Å². The standard InChI is InChI=1S/C12H15NO/c1-3-8-13-9-10-14-12-7-5-4-6-11(12)2/h1,4-7,13H,8-10H2,2H3. The molecule has 0 heterocycles. The van der Waals surface area contributed by atoms with Crippen LogP contribution < -0.4 is 10.1 Å². The molecule has 0 aliphatic carbocycles. The van der Waals surface area contributed by atoms with Gasteiger partial charge in [0.15, 0.2) is 0 Å². The van der Waals surface area contributed by atoms with Gasteiger partial charge in [0, 0.05) is 6.54 Å². The fraction of sp³-hybridized carbons (Fsp3) is 0.333. The summed E-state index contributed by atoms with van der Waals surface area (Å²) in [5, 5.41) is 3.06. The number of ether oxygens (including phenoxy) is 1. The fourth-order valence-electron chi connectivity index (χ4n) is 1.11. The Bertz CT molecular complexity index is 314. The van der Waals surface area contributed by atoms with Crippen LogP contribution in [0.3, 0.4) is 0 Å². The average molecular weight is 189 g/mol. The van der Waals surface area contributed by atoms with Gasteiger partial charge in [-0.25, -0.2) is 0 Å². The highest BCUT2D eigenvalue weighted by atomic mass is 16.5. The Hall–Kier alpha value is -1.46. The van der Waals surface area contributed by atoms with Crippen LogP contribution in [0.5, 0.6) is 5.75 Å². The van der Waals surface area contributed by atoms with Gasteiger partial charge in [0.2, 0.25) is 0 Å². The molecule has 0 spiro atoms. The van der Waals surface area contributed by atoms with Crippen LogP contribution in [-0.4, -0.2) is 19.7 Å². The Kier molecular flexibility index (Phi) is 4.60. The van der Waals surface area contributed by atoms with Crippen LogP contribution in [0.25, 0.3) is 0 Å². The van der Waals surface area contributed by atoms with Crippen LogP contribution in [-0.2, 0) is 0 Å². The zero-order valence-corrected chi connectivity index (χ0v) is 8.42. The maximum absolute atomic E-state index is 5.55. The summed E-state index contributed by atoms with van der Waals surface area (Å²) in [7, 11) is 0. The molecule has 0 bridgehead atoms. The minimum Gasteiger partial charge on any atom is -0.492 e. The van der Waals surface area contributed by atoms with E-state index in [2.05, 4.69) is 11.2 Å². The Balaban J connectivity index is 2.25. The predicted octanol–water partition coefficient (Wildman–Crippen LogP) is 1.60. The van der Waals surface area contributed by atoms with Crippen molar-refractivity contribution in [2.75, 3.05) is 19.7 Å². The molecule has 2 nitrogen and oxygen atoms in total. The van der Waals surface area contributed by atoms with Gasteiger partial charge in [-0.1, -0.05) is 24.1 Å². The summed E-state index contributed by atoms with van der Waals surface area (Å²) < 4.78 is 5.55. The molecule has 74 valence electrons. The molecule has 0 unspecified atom stereocenters. The topological polar surface area (TPSA) is 21.3 Å². The van der Waals surface area contributed by atoms with Crippen molar-refractivity contribution < 1.29 is 4.74 Å². The third-order valence-corrected chi connectivity index (χ3v) is 1.86. The molecule has 1 aromatic carbocycles.